The van der Waals surface area contributed by atoms with Crippen LogP contribution in [0.1, 0.15) is 18.2 Å². The third-order valence-corrected chi connectivity index (χ3v) is 4.52. The van der Waals surface area contributed by atoms with Crippen molar-refractivity contribution in [3.05, 3.63) is 64.1 Å². The summed E-state index contributed by atoms with van der Waals surface area (Å²) in [5.41, 5.74) is 0.778. The van der Waals surface area contributed by atoms with E-state index in [4.69, 9.17) is 4.74 Å². The molecule has 7 heteroatoms. The van der Waals surface area contributed by atoms with Crippen molar-refractivity contribution in [2.24, 2.45) is 5.92 Å². The largest absolute Gasteiger partial charge is 0.503 e. The minimum Gasteiger partial charge on any atom is -0.503 e. The molecule has 0 aliphatic carbocycles. The molecule has 1 aromatic carbocycles. The highest BCUT2D eigenvalue weighted by Crippen LogP contribution is 2.15. The molecular formula is C20H24N2O5. The van der Waals surface area contributed by atoms with Crippen LogP contribution < -0.4 is 10.7 Å². The summed E-state index contributed by atoms with van der Waals surface area (Å²) in [6, 6.07) is 10.2. The highest BCUT2D eigenvalue weighted by molar-refractivity contribution is 5.78. The van der Waals surface area contributed by atoms with Crippen molar-refractivity contribution in [1.29, 1.82) is 0 Å². The summed E-state index contributed by atoms with van der Waals surface area (Å²) in [6.45, 7) is 3.22. The Hall–Kier alpha value is -3.09. The molecule has 27 heavy (non-hydrogen) atoms. The van der Waals surface area contributed by atoms with E-state index < -0.39 is 23.4 Å². The smallest absolute Gasteiger partial charge is 0.311 e. The number of amides is 1. The number of methoxy groups -OCH3 is 1. The van der Waals surface area contributed by atoms with E-state index in [0.29, 0.717) is 12.1 Å². The first kappa shape index (κ1) is 20.2. The molecule has 0 aliphatic heterocycles. The second-order valence-corrected chi connectivity index (χ2v) is 6.42. The first-order chi connectivity index (χ1) is 12.8. The molecule has 1 aromatic heterocycles. The number of carbonyl (C=O) groups is 2. The molecule has 0 saturated carbocycles. The molecule has 0 aliphatic rings. The lowest BCUT2D eigenvalue weighted by atomic mass is 9.93. The number of carbonyl (C=O) groups excluding carboxylic acids is 2. The van der Waals surface area contributed by atoms with Gasteiger partial charge in [-0.25, -0.2) is 0 Å². The molecule has 1 heterocycles. The Bertz CT molecular complexity index is 860. The van der Waals surface area contributed by atoms with Gasteiger partial charge in [0.05, 0.1) is 18.7 Å². The zero-order valence-electron chi connectivity index (χ0n) is 15.6. The minimum atomic E-state index is -0.537. The minimum absolute atomic E-state index is 0.0801. The van der Waals surface area contributed by atoms with Gasteiger partial charge >= 0.3 is 5.97 Å². The molecule has 2 unspecified atom stereocenters. The second kappa shape index (κ2) is 9.02. The third-order valence-electron chi connectivity index (χ3n) is 4.52. The van der Waals surface area contributed by atoms with Crippen LogP contribution in [-0.4, -0.2) is 34.7 Å². The van der Waals surface area contributed by atoms with Crippen LogP contribution in [0, 0.1) is 12.8 Å². The fourth-order valence-electron chi connectivity index (χ4n) is 2.87. The van der Waals surface area contributed by atoms with Crippen LogP contribution in [0.2, 0.25) is 0 Å². The second-order valence-electron chi connectivity index (χ2n) is 6.42. The van der Waals surface area contributed by atoms with Crippen molar-refractivity contribution < 1.29 is 19.4 Å². The number of esters is 1. The maximum Gasteiger partial charge on any atom is 0.311 e. The molecule has 1 amide bonds. The highest BCUT2D eigenvalue weighted by atomic mass is 16.5. The number of aromatic nitrogens is 1. The predicted molar refractivity (Wildman–Crippen MR) is 100 cm³/mol. The van der Waals surface area contributed by atoms with E-state index in [0.717, 1.165) is 5.56 Å². The number of aromatic hydroxyl groups is 1. The number of benzene rings is 1. The number of nitrogens with one attached hydrogen (secondary N) is 1. The van der Waals surface area contributed by atoms with Crippen LogP contribution >= 0.6 is 0 Å². The molecular weight excluding hydrogens is 348 g/mol. The number of hydrogen-bond donors (Lipinski definition) is 2. The highest BCUT2D eigenvalue weighted by Gasteiger charge is 2.27. The summed E-state index contributed by atoms with van der Waals surface area (Å²) in [4.78, 5) is 36.0. The Labute approximate surface area is 157 Å². The first-order valence-corrected chi connectivity index (χ1v) is 8.63. The Balaban J connectivity index is 2.08. The van der Waals surface area contributed by atoms with Crippen LogP contribution in [0.3, 0.4) is 0 Å². The molecule has 0 bridgehead atoms. The van der Waals surface area contributed by atoms with Crippen molar-refractivity contribution in [1.82, 2.24) is 9.88 Å². The van der Waals surface area contributed by atoms with Gasteiger partial charge in [-0.3, -0.25) is 14.4 Å². The summed E-state index contributed by atoms with van der Waals surface area (Å²) >= 11 is 0. The molecule has 0 saturated heterocycles. The van der Waals surface area contributed by atoms with Crippen molar-refractivity contribution >= 4 is 11.9 Å². The number of nitrogens with zero attached hydrogens (tertiary/aromatic N) is 1. The van der Waals surface area contributed by atoms with E-state index in [1.807, 2.05) is 30.3 Å². The normalized spacial score (nSPS) is 12.9. The van der Waals surface area contributed by atoms with E-state index in [2.05, 4.69) is 5.32 Å². The van der Waals surface area contributed by atoms with Gasteiger partial charge in [0.25, 0.3) is 0 Å². The molecule has 2 atom stereocenters. The maximum atomic E-state index is 12.4. The van der Waals surface area contributed by atoms with E-state index in [1.54, 1.807) is 13.8 Å². The van der Waals surface area contributed by atoms with Gasteiger partial charge in [-0.2, -0.15) is 0 Å². The van der Waals surface area contributed by atoms with Crippen LogP contribution in [0.25, 0.3) is 0 Å². The lowest BCUT2D eigenvalue weighted by Gasteiger charge is -2.23. The van der Waals surface area contributed by atoms with Crippen LogP contribution in [0.15, 0.2) is 47.4 Å². The summed E-state index contributed by atoms with van der Waals surface area (Å²) in [7, 11) is 1.32. The molecule has 144 valence electrons. The fourth-order valence-corrected chi connectivity index (χ4v) is 2.87. The number of rotatable bonds is 7. The number of hydrogen-bond acceptors (Lipinski definition) is 5. The monoisotopic (exact) mass is 372 g/mol. The van der Waals surface area contributed by atoms with E-state index in [1.165, 1.54) is 23.9 Å². The van der Waals surface area contributed by atoms with Crippen molar-refractivity contribution in [2.45, 2.75) is 32.9 Å². The van der Waals surface area contributed by atoms with E-state index >= 15 is 0 Å². The van der Waals surface area contributed by atoms with Gasteiger partial charge in [-0.1, -0.05) is 30.3 Å². The SMILES string of the molecule is COC(=O)C(Cc1ccccc1)C(C)NC(=O)Cn1ccc(=O)c(O)c1C. The van der Waals surface area contributed by atoms with Gasteiger partial charge < -0.3 is 19.7 Å². The van der Waals surface area contributed by atoms with Gasteiger partial charge in [0.1, 0.15) is 6.54 Å². The lowest BCUT2D eigenvalue weighted by Crippen LogP contribution is -2.44. The van der Waals surface area contributed by atoms with Gasteiger partial charge in [0, 0.05) is 18.3 Å². The van der Waals surface area contributed by atoms with Crippen LogP contribution in [-0.2, 0) is 27.3 Å². The molecule has 0 spiro atoms. The number of pyridine rings is 1. The van der Waals surface area contributed by atoms with Crippen molar-refractivity contribution in [2.75, 3.05) is 7.11 Å². The van der Waals surface area contributed by atoms with Crippen LogP contribution in [0.5, 0.6) is 5.75 Å². The Morgan fingerprint density at radius 2 is 1.89 bits per heavy atom. The average Bonchev–Trinajstić information content (AvgIpc) is 2.66. The fraction of sp³-hybridized carbons (Fsp3) is 0.350. The predicted octanol–water partition coefficient (Wildman–Crippen LogP) is 1.40. The number of ether oxygens (including phenoxy) is 1. The molecule has 7 nitrogen and oxygen atoms in total. The molecule has 2 rings (SSSR count). The van der Waals surface area contributed by atoms with Gasteiger partial charge in [0.15, 0.2) is 5.75 Å². The Kier molecular flexibility index (Phi) is 6.76. The molecule has 2 aromatic rings. The summed E-state index contributed by atoms with van der Waals surface area (Å²) in [5.74, 6) is -1.65. The van der Waals surface area contributed by atoms with Crippen LogP contribution in [0.4, 0.5) is 0 Å². The average molecular weight is 372 g/mol. The van der Waals surface area contributed by atoms with E-state index in [9.17, 15) is 19.5 Å². The zero-order chi connectivity index (χ0) is 20.0. The topological polar surface area (TPSA) is 97.6 Å². The molecule has 2 N–H and O–H groups in total. The quantitative estimate of drug-likeness (QED) is 0.716. The van der Waals surface area contributed by atoms with Crippen molar-refractivity contribution in [3.63, 3.8) is 0 Å². The Morgan fingerprint density at radius 1 is 1.22 bits per heavy atom. The maximum absolute atomic E-state index is 12.4. The zero-order valence-corrected chi connectivity index (χ0v) is 15.6. The third kappa shape index (κ3) is 5.20. The van der Waals surface area contributed by atoms with Crippen molar-refractivity contribution in [3.8, 4) is 5.75 Å². The lowest BCUT2D eigenvalue weighted by molar-refractivity contribution is -0.146. The van der Waals surface area contributed by atoms with Gasteiger partial charge in [-0.15, -0.1) is 0 Å². The van der Waals surface area contributed by atoms with Gasteiger partial charge in [-0.05, 0) is 25.8 Å². The molecule has 0 fully saturated rings. The van der Waals surface area contributed by atoms with E-state index in [-0.39, 0.29) is 18.2 Å². The summed E-state index contributed by atoms with van der Waals surface area (Å²) in [6.07, 6.45) is 1.89. The first-order valence-electron chi connectivity index (χ1n) is 8.63. The summed E-state index contributed by atoms with van der Waals surface area (Å²) in [5, 5.41) is 12.5. The summed E-state index contributed by atoms with van der Waals surface area (Å²) < 4.78 is 6.37. The molecule has 0 radical (unpaired) electrons. The standard InChI is InChI=1S/C20H24N2O5/c1-13(16(20(26)27-3)11-15-7-5-4-6-8-15)21-18(24)12-22-10-9-17(23)19(25)14(22)2/h4-10,13,16,25H,11-12H2,1-3H3,(H,21,24). The Morgan fingerprint density at radius 3 is 2.52 bits per heavy atom. The van der Waals surface area contributed by atoms with Gasteiger partial charge in [0.2, 0.25) is 11.3 Å².